The maximum Gasteiger partial charge on any atom is 0.345 e. The zero-order chi connectivity index (χ0) is 19.6. The molecule has 0 saturated carbocycles. The molecule has 0 unspecified atom stereocenters. The van der Waals surface area contributed by atoms with Gasteiger partial charge in [-0.3, -0.25) is 9.69 Å². The Morgan fingerprint density at radius 3 is 2.44 bits per heavy atom. The monoisotopic (exact) mass is 402 g/mol. The van der Waals surface area contributed by atoms with Gasteiger partial charge in [-0.05, 0) is 43.7 Å². The molecule has 0 fully saturated rings. The van der Waals surface area contributed by atoms with Crippen LogP contribution in [0.4, 0.5) is 5.69 Å². The van der Waals surface area contributed by atoms with E-state index in [1.54, 1.807) is 17.4 Å². The number of carboxylic acid groups (broad SMARTS) is 1. The van der Waals surface area contributed by atoms with Crippen molar-refractivity contribution >= 4 is 49.6 Å². The molecule has 0 aliphatic carbocycles. The van der Waals surface area contributed by atoms with Gasteiger partial charge in [0.25, 0.3) is 0 Å². The van der Waals surface area contributed by atoms with Gasteiger partial charge < -0.3 is 10.4 Å². The Labute approximate surface area is 166 Å². The molecule has 0 aliphatic rings. The number of hydrogen-bond acceptors (Lipinski definition) is 5. The normalized spacial score (nSPS) is 11.3. The van der Waals surface area contributed by atoms with Crippen LogP contribution in [0.15, 0.2) is 30.3 Å². The van der Waals surface area contributed by atoms with Crippen molar-refractivity contribution < 1.29 is 14.7 Å². The predicted octanol–water partition coefficient (Wildman–Crippen LogP) is 4.74. The number of rotatable bonds is 7. The van der Waals surface area contributed by atoms with Crippen molar-refractivity contribution in [3.05, 3.63) is 51.2 Å². The van der Waals surface area contributed by atoms with Crippen molar-refractivity contribution in [1.82, 2.24) is 4.90 Å². The summed E-state index contributed by atoms with van der Waals surface area (Å²) in [6.07, 6.45) is 0. The lowest BCUT2D eigenvalue weighted by Gasteiger charge is -2.20. The number of nitrogens with one attached hydrogen (secondary N) is 1. The number of nitrogens with zero attached hydrogens (tertiary/aromatic N) is 1. The number of aryl methyl sites for hydroxylation is 2. The maximum atomic E-state index is 12.5. The number of thiophene rings is 2. The van der Waals surface area contributed by atoms with Crippen LogP contribution in [-0.4, -0.2) is 35.0 Å². The lowest BCUT2D eigenvalue weighted by molar-refractivity contribution is -0.117. The van der Waals surface area contributed by atoms with Gasteiger partial charge in [-0.15, -0.1) is 22.7 Å². The van der Waals surface area contributed by atoms with E-state index < -0.39 is 5.97 Å². The molecule has 0 radical (unpaired) electrons. The number of carbonyl (C=O) groups excluding carboxylic acids is 1. The molecule has 27 heavy (non-hydrogen) atoms. The highest BCUT2D eigenvalue weighted by Crippen LogP contribution is 2.34. The number of para-hydroxylation sites is 1. The molecule has 0 spiro atoms. The molecule has 7 heteroatoms. The Morgan fingerprint density at radius 2 is 1.85 bits per heavy atom. The van der Waals surface area contributed by atoms with E-state index in [9.17, 15) is 9.59 Å². The standard InChI is InChI=1S/C20H22N2O3S2/c1-4-22(11-17(23)21-18-12(2)6-5-7-13(18)3)10-15-8-14-9-16(19(24)25)27-20(14)26-15/h5-9H,4,10-11H2,1-3H3,(H,21,23)(H,24,25). The number of amides is 1. The number of fused-ring (bicyclic) bond motifs is 1. The SMILES string of the molecule is CCN(CC(=O)Nc1c(C)cccc1C)Cc1cc2cc(C(=O)O)sc2s1. The van der Waals surface area contributed by atoms with Gasteiger partial charge in [0.1, 0.15) is 4.88 Å². The number of hydrogen-bond donors (Lipinski definition) is 2. The summed E-state index contributed by atoms with van der Waals surface area (Å²) in [5.74, 6) is -0.913. The molecular formula is C20H22N2O3S2. The minimum Gasteiger partial charge on any atom is -0.477 e. The molecule has 2 aromatic heterocycles. The first-order chi connectivity index (χ1) is 12.9. The molecule has 1 amide bonds. The van der Waals surface area contributed by atoms with Crippen molar-refractivity contribution in [2.45, 2.75) is 27.3 Å². The highest BCUT2D eigenvalue weighted by Gasteiger charge is 2.15. The largest absolute Gasteiger partial charge is 0.477 e. The number of benzene rings is 1. The number of aromatic carboxylic acids is 1. The molecule has 142 valence electrons. The first-order valence-corrected chi connectivity index (χ1v) is 10.3. The van der Waals surface area contributed by atoms with E-state index in [-0.39, 0.29) is 5.91 Å². The molecule has 2 heterocycles. The van der Waals surface area contributed by atoms with E-state index in [4.69, 9.17) is 5.11 Å². The fraction of sp³-hybridized carbons (Fsp3) is 0.300. The Bertz CT molecular complexity index is 939. The smallest absolute Gasteiger partial charge is 0.345 e. The van der Waals surface area contributed by atoms with Crippen LogP contribution in [0.3, 0.4) is 0 Å². The summed E-state index contributed by atoms with van der Waals surface area (Å²) in [5.41, 5.74) is 3.00. The molecule has 3 rings (SSSR count). The third-order valence-corrected chi connectivity index (χ3v) is 6.78. The zero-order valence-corrected chi connectivity index (χ0v) is 17.2. The van der Waals surface area contributed by atoms with Gasteiger partial charge in [0.15, 0.2) is 0 Å². The summed E-state index contributed by atoms with van der Waals surface area (Å²) in [5, 5.41) is 13.1. The lowest BCUT2D eigenvalue weighted by Crippen LogP contribution is -2.32. The Morgan fingerprint density at radius 1 is 1.15 bits per heavy atom. The van der Waals surface area contributed by atoms with E-state index in [1.807, 2.05) is 45.0 Å². The number of carboxylic acids is 1. The third-order valence-electron chi connectivity index (χ3n) is 4.42. The summed E-state index contributed by atoms with van der Waals surface area (Å²) < 4.78 is 1.01. The topological polar surface area (TPSA) is 69.6 Å². The van der Waals surface area contributed by atoms with Crippen molar-refractivity contribution in [2.24, 2.45) is 0 Å². The summed E-state index contributed by atoms with van der Waals surface area (Å²) >= 11 is 2.90. The minimum absolute atomic E-state index is 0.0271. The Hall–Kier alpha value is -2.22. The van der Waals surface area contributed by atoms with Crippen LogP contribution in [0.5, 0.6) is 0 Å². The van der Waals surface area contributed by atoms with Gasteiger partial charge in [-0.1, -0.05) is 25.1 Å². The van der Waals surface area contributed by atoms with Crippen LogP contribution in [0, 0.1) is 13.8 Å². The van der Waals surface area contributed by atoms with Gasteiger partial charge in [0.2, 0.25) is 5.91 Å². The van der Waals surface area contributed by atoms with Gasteiger partial charge >= 0.3 is 5.97 Å². The molecular weight excluding hydrogens is 380 g/mol. The fourth-order valence-electron chi connectivity index (χ4n) is 2.97. The molecule has 0 bridgehead atoms. The Balaban J connectivity index is 1.65. The Kier molecular flexibility index (Phi) is 5.94. The molecule has 1 aromatic carbocycles. The second kappa shape index (κ2) is 8.21. The molecule has 3 aromatic rings. The van der Waals surface area contributed by atoms with Gasteiger partial charge in [-0.2, -0.15) is 0 Å². The molecule has 0 saturated heterocycles. The highest BCUT2D eigenvalue weighted by molar-refractivity contribution is 7.39. The van der Waals surface area contributed by atoms with Crippen molar-refractivity contribution in [3.63, 3.8) is 0 Å². The van der Waals surface area contributed by atoms with E-state index in [0.717, 1.165) is 37.6 Å². The highest BCUT2D eigenvalue weighted by atomic mass is 32.2. The maximum absolute atomic E-state index is 12.5. The minimum atomic E-state index is -0.886. The van der Waals surface area contributed by atoms with Crippen molar-refractivity contribution in [3.8, 4) is 0 Å². The van der Waals surface area contributed by atoms with Crippen molar-refractivity contribution in [2.75, 3.05) is 18.4 Å². The van der Waals surface area contributed by atoms with Gasteiger partial charge in [0.05, 0.1) is 10.6 Å². The predicted molar refractivity (Wildman–Crippen MR) is 112 cm³/mol. The van der Waals surface area contributed by atoms with Crippen LogP contribution in [-0.2, 0) is 11.3 Å². The van der Waals surface area contributed by atoms with E-state index in [2.05, 4.69) is 10.2 Å². The van der Waals surface area contributed by atoms with Crippen LogP contribution in [0.25, 0.3) is 9.40 Å². The summed E-state index contributed by atoms with van der Waals surface area (Å²) in [6.45, 7) is 7.76. The molecule has 0 aliphatic heterocycles. The lowest BCUT2D eigenvalue weighted by atomic mass is 10.1. The second-order valence-electron chi connectivity index (χ2n) is 6.49. The second-order valence-corrected chi connectivity index (χ2v) is 8.94. The van der Waals surface area contributed by atoms with E-state index in [1.165, 1.54) is 11.3 Å². The molecule has 5 nitrogen and oxygen atoms in total. The summed E-state index contributed by atoms with van der Waals surface area (Å²) in [4.78, 5) is 27.1. The van der Waals surface area contributed by atoms with Gasteiger partial charge in [-0.25, -0.2) is 4.79 Å². The van der Waals surface area contributed by atoms with Gasteiger partial charge in [0, 0.05) is 22.5 Å². The molecule has 2 N–H and O–H groups in total. The van der Waals surface area contributed by atoms with Crippen LogP contribution >= 0.6 is 22.7 Å². The van der Waals surface area contributed by atoms with Crippen LogP contribution in [0.1, 0.15) is 32.6 Å². The number of likely N-dealkylation sites (N-methyl/N-ethyl adjacent to an activating group) is 1. The zero-order valence-electron chi connectivity index (χ0n) is 15.5. The third kappa shape index (κ3) is 4.55. The van der Waals surface area contributed by atoms with E-state index >= 15 is 0 Å². The average molecular weight is 403 g/mol. The summed E-state index contributed by atoms with van der Waals surface area (Å²) in [6, 6.07) is 9.70. The fourth-order valence-corrected chi connectivity index (χ4v) is 5.34. The number of carbonyl (C=O) groups is 2. The van der Waals surface area contributed by atoms with Crippen LogP contribution < -0.4 is 5.32 Å². The van der Waals surface area contributed by atoms with Crippen LogP contribution in [0.2, 0.25) is 0 Å². The average Bonchev–Trinajstić information content (AvgIpc) is 3.16. The summed E-state index contributed by atoms with van der Waals surface area (Å²) in [7, 11) is 0. The quantitative estimate of drug-likeness (QED) is 0.599. The van der Waals surface area contributed by atoms with Crippen molar-refractivity contribution in [1.29, 1.82) is 0 Å². The van der Waals surface area contributed by atoms with E-state index in [0.29, 0.717) is 18.0 Å². The first kappa shape index (κ1) is 19.5. The first-order valence-electron chi connectivity index (χ1n) is 8.71. The number of anilines is 1. The molecule has 0 atom stereocenters.